The van der Waals surface area contributed by atoms with Crippen molar-refractivity contribution >= 4 is 23.3 Å². The monoisotopic (exact) mass is 361 g/mol. The second kappa shape index (κ2) is 7.48. The van der Waals surface area contributed by atoms with Crippen LogP contribution in [0.1, 0.15) is 17.7 Å². The number of rotatable bonds is 6. The zero-order valence-electron chi connectivity index (χ0n) is 13.6. The van der Waals surface area contributed by atoms with Gasteiger partial charge in [-0.2, -0.15) is 10.2 Å². The minimum Gasteiger partial charge on any atom is -0.309 e. The van der Waals surface area contributed by atoms with Crippen molar-refractivity contribution in [1.29, 1.82) is 0 Å². The van der Waals surface area contributed by atoms with E-state index in [2.05, 4.69) is 15.5 Å². The lowest BCUT2D eigenvalue weighted by molar-refractivity contribution is -0.116. The molecule has 1 aromatic carbocycles. The number of halogens is 2. The second-order valence-corrected chi connectivity index (χ2v) is 6.08. The molecule has 2 heterocycles. The van der Waals surface area contributed by atoms with Gasteiger partial charge in [0, 0.05) is 36.5 Å². The molecule has 1 N–H and O–H groups in total. The molecular weight excluding hydrogens is 345 g/mol. The third-order valence-corrected chi connectivity index (χ3v) is 3.89. The second-order valence-electron chi connectivity index (χ2n) is 5.64. The van der Waals surface area contributed by atoms with Gasteiger partial charge in [-0.05, 0) is 13.0 Å². The van der Waals surface area contributed by atoms with Crippen LogP contribution >= 0.6 is 11.6 Å². The van der Waals surface area contributed by atoms with Crippen LogP contribution in [0.3, 0.4) is 0 Å². The van der Waals surface area contributed by atoms with Crippen LogP contribution in [0, 0.1) is 12.7 Å². The number of aromatic nitrogens is 4. The number of carbonyl (C=O) groups excluding carboxylic acids is 1. The van der Waals surface area contributed by atoms with Gasteiger partial charge in [0.1, 0.15) is 5.82 Å². The molecule has 8 heteroatoms. The number of carbonyl (C=O) groups is 1. The molecule has 130 valence electrons. The van der Waals surface area contributed by atoms with E-state index in [9.17, 15) is 9.18 Å². The summed E-state index contributed by atoms with van der Waals surface area (Å²) in [6, 6.07) is 8.31. The summed E-state index contributed by atoms with van der Waals surface area (Å²) in [5.41, 5.74) is 1.37. The Labute approximate surface area is 149 Å². The SMILES string of the molecule is Cc1cc(NC(=O)CCn2cc(Cl)cn2)nn1Cc1ccccc1F. The highest BCUT2D eigenvalue weighted by atomic mass is 35.5. The number of hydrogen-bond donors (Lipinski definition) is 1. The van der Waals surface area contributed by atoms with Gasteiger partial charge in [-0.15, -0.1) is 0 Å². The highest BCUT2D eigenvalue weighted by molar-refractivity contribution is 6.30. The van der Waals surface area contributed by atoms with Crippen molar-refractivity contribution in [3.8, 4) is 0 Å². The molecular formula is C17H17ClFN5O. The maximum Gasteiger partial charge on any atom is 0.227 e. The van der Waals surface area contributed by atoms with Crippen LogP contribution in [-0.2, 0) is 17.9 Å². The Morgan fingerprint density at radius 3 is 2.88 bits per heavy atom. The molecule has 3 rings (SSSR count). The standard InChI is InChI=1S/C17H17ClFN5O/c1-12-8-16(21-17(25)6-7-23-11-14(18)9-20-23)22-24(12)10-13-4-2-3-5-15(13)19/h2-5,8-9,11H,6-7,10H2,1H3,(H,21,22,25). The molecule has 0 aliphatic heterocycles. The van der Waals surface area contributed by atoms with Crippen molar-refractivity contribution in [2.24, 2.45) is 0 Å². The molecule has 2 aromatic heterocycles. The molecule has 0 radical (unpaired) electrons. The van der Waals surface area contributed by atoms with E-state index < -0.39 is 0 Å². The summed E-state index contributed by atoms with van der Waals surface area (Å²) in [5, 5.41) is 11.6. The van der Waals surface area contributed by atoms with Crippen LogP contribution in [0.5, 0.6) is 0 Å². The Morgan fingerprint density at radius 2 is 2.16 bits per heavy atom. The van der Waals surface area contributed by atoms with Gasteiger partial charge in [0.15, 0.2) is 5.82 Å². The first-order chi connectivity index (χ1) is 12.0. The van der Waals surface area contributed by atoms with Crippen LogP contribution in [0.2, 0.25) is 5.02 Å². The quantitative estimate of drug-likeness (QED) is 0.733. The lowest BCUT2D eigenvalue weighted by atomic mass is 10.2. The number of amides is 1. The maximum atomic E-state index is 13.8. The Balaban J connectivity index is 1.60. The average Bonchev–Trinajstić information content (AvgIpc) is 3.13. The topological polar surface area (TPSA) is 64.7 Å². The summed E-state index contributed by atoms with van der Waals surface area (Å²) < 4.78 is 17.0. The first-order valence-electron chi connectivity index (χ1n) is 7.77. The van der Waals surface area contributed by atoms with Gasteiger partial charge in [0.25, 0.3) is 0 Å². The number of nitrogens with zero attached hydrogens (tertiary/aromatic N) is 4. The smallest absolute Gasteiger partial charge is 0.227 e. The van der Waals surface area contributed by atoms with E-state index in [1.807, 2.05) is 6.92 Å². The van der Waals surface area contributed by atoms with Gasteiger partial charge in [-0.3, -0.25) is 14.2 Å². The largest absolute Gasteiger partial charge is 0.309 e. The molecule has 0 saturated carbocycles. The summed E-state index contributed by atoms with van der Waals surface area (Å²) in [6.07, 6.45) is 3.42. The van der Waals surface area contributed by atoms with Crippen LogP contribution in [0.4, 0.5) is 10.2 Å². The van der Waals surface area contributed by atoms with Crippen molar-refractivity contribution in [1.82, 2.24) is 19.6 Å². The molecule has 0 spiro atoms. The third kappa shape index (κ3) is 4.45. The van der Waals surface area contributed by atoms with Crippen LogP contribution < -0.4 is 5.32 Å². The van der Waals surface area contributed by atoms with E-state index in [0.717, 1.165) is 5.69 Å². The lowest BCUT2D eigenvalue weighted by Crippen LogP contribution is -2.15. The van der Waals surface area contributed by atoms with Crippen molar-refractivity contribution < 1.29 is 9.18 Å². The number of benzene rings is 1. The fourth-order valence-corrected chi connectivity index (χ4v) is 2.56. The van der Waals surface area contributed by atoms with E-state index in [-0.39, 0.29) is 18.1 Å². The summed E-state index contributed by atoms with van der Waals surface area (Å²) in [7, 11) is 0. The van der Waals surface area contributed by atoms with Crippen molar-refractivity contribution in [3.63, 3.8) is 0 Å². The third-order valence-electron chi connectivity index (χ3n) is 3.70. The average molecular weight is 362 g/mol. The molecule has 6 nitrogen and oxygen atoms in total. The maximum absolute atomic E-state index is 13.8. The minimum atomic E-state index is -0.277. The lowest BCUT2D eigenvalue weighted by Gasteiger charge is -2.05. The van der Waals surface area contributed by atoms with Gasteiger partial charge in [0.05, 0.1) is 17.8 Å². The molecule has 1 amide bonds. The van der Waals surface area contributed by atoms with Gasteiger partial charge in [0.2, 0.25) is 5.91 Å². The first-order valence-corrected chi connectivity index (χ1v) is 8.15. The zero-order chi connectivity index (χ0) is 17.8. The Morgan fingerprint density at radius 1 is 1.36 bits per heavy atom. The van der Waals surface area contributed by atoms with Crippen LogP contribution in [0.15, 0.2) is 42.7 Å². The van der Waals surface area contributed by atoms with E-state index in [1.165, 1.54) is 12.3 Å². The van der Waals surface area contributed by atoms with Crippen LogP contribution in [0.25, 0.3) is 0 Å². The highest BCUT2D eigenvalue weighted by Gasteiger charge is 2.10. The summed E-state index contributed by atoms with van der Waals surface area (Å²) in [4.78, 5) is 12.0. The molecule has 0 atom stereocenters. The molecule has 25 heavy (non-hydrogen) atoms. The van der Waals surface area contributed by atoms with Crippen molar-refractivity contribution in [2.45, 2.75) is 26.4 Å². The molecule has 0 aliphatic carbocycles. The first kappa shape index (κ1) is 17.2. The van der Waals surface area contributed by atoms with E-state index in [4.69, 9.17) is 11.6 Å². The Kier molecular flexibility index (Phi) is 5.14. The van der Waals surface area contributed by atoms with Gasteiger partial charge < -0.3 is 5.32 Å². The van der Waals surface area contributed by atoms with E-state index in [1.54, 1.807) is 39.8 Å². The molecule has 0 unspecified atom stereocenters. The zero-order valence-corrected chi connectivity index (χ0v) is 14.4. The van der Waals surface area contributed by atoms with Crippen LogP contribution in [-0.4, -0.2) is 25.5 Å². The Hall–Kier alpha value is -2.67. The summed E-state index contributed by atoms with van der Waals surface area (Å²) in [5.74, 6) is -0.0135. The van der Waals surface area contributed by atoms with E-state index in [0.29, 0.717) is 29.5 Å². The fourth-order valence-electron chi connectivity index (χ4n) is 2.40. The number of aryl methyl sites for hydroxylation is 2. The predicted molar refractivity (Wildman–Crippen MR) is 92.9 cm³/mol. The number of hydrogen-bond acceptors (Lipinski definition) is 3. The minimum absolute atomic E-state index is 0.179. The normalized spacial score (nSPS) is 10.8. The van der Waals surface area contributed by atoms with Gasteiger partial charge in [-0.1, -0.05) is 29.8 Å². The van der Waals surface area contributed by atoms with Crippen molar-refractivity contribution in [3.05, 3.63) is 64.8 Å². The van der Waals surface area contributed by atoms with E-state index >= 15 is 0 Å². The summed E-state index contributed by atoms with van der Waals surface area (Å²) in [6.45, 7) is 2.59. The molecule has 3 aromatic rings. The predicted octanol–water partition coefficient (Wildman–Crippen LogP) is 3.26. The molecule has 0 fully saturated rings. The molecule has 0 saturated heterocycles. The Bertz CT molecular complexity index is 889. The number of anilines is 1. The van der Waals surface area contributed by atoms with Gasteiger partial charge >= 0.3 is 0 Å². The highest BCUT2D eigenvalue weighted by Crippen LogP contribution is 2.14. The molecule has 0 aliphatic rings. The summed E-state index contributed by atoms with van der Waals surface area (Å²) >= 11 is 5.78. The van der Waals surface area contributed by atoms with Crippen molar-refractivity contribution in [2.75, 3.05) is 5.32 Å². The number of nitrogens with one attached hydrogen (secondary N) is 1. The van der Waals surface area contributed by atoms with Gasteiger partial charge in [-0.25, -0.2) is 4.39 Å². The fraction of sp³-hybridized carbons (Fsp3) is 0.235. The molecule has 0 bridgehead atoms.